The van der Waals surface area contributed by atoms with E-state index in [0.29, 0.717) is 22.1 Å². The van der Waals surface area contributed by atoms with Gasteiger partial charge in [-0.05, 0) is 11.6 Å². The van der Waals surface area contributed by atoms with Crippen molar-refractivity contribution in [3.05, 3.63) is 41.4 Å². The molecule has 0 unspecified atom stereocenters. The third-order valence-corrected chi connectivity index (χ3v) is 2.53. The molecular formula is C10H7BrClNO. The maximum absolute atomic E-state index is 5.91. The molecule has 0 atom stereocenters. The van der Waals surface area contributed by atoms with Gasteiger partial charge in [-0.2, -0.15) is 0 Å². The van der Waals surface area contributed by atoms with Gasteiger partial charge in [0.25, 0.3) is 0 Å². The van der Waals surface area contributed by atoms with E-state index in [2.05, 4.69) is 20.9 Å². The van der Waals surface area contributed by atoms with Crippen molar-refractivity contribution in [2.75, 3.05) is 0 Å². The first-order valence-corrected chi connectivity index (χ1v) is 5.58. The van der Waals surface area contributed by atoms with Gasteiger partial charge in [-0.25, -0.2) is 4.98 Å². The lowest BCUT2D eigenvalue weighted by molar-refractivity contribution is 0.520. The largest absolute Gasteiger partial charge is 0.428 e. The van der Waals surface area contributed by atoms with Crippen LogP contribution in [-0.2, 0) is 5.33 Å². The zero-order chi connectivity index (χ0) is 9.97. The summed E-state index contributed by atoms with van der Waals surface area (Å²) in [5, 5.41) is 0.908. The summed E-state index contributed by atoms with van der Waals surface area (Å²) in [6.45, 7) is 0. The topological polar surface area (TPSA) is 26.0 Å². The minimum absolute atomic E-state index is 0.339. The Kier molecular flexibility index (Phi) is 2.89. The molecule has 0 bridgehead atoms. The lowest BCUT2D eigenvalue weighted by Gasteiger charge is -1.93. The van der Waals surface area contributed by atoms with E-state index in [-0.39, 0.29) is 0 Å². The van der Waals surface area contributed by atoms with E-state index in [1.165, 1.54) is 0 Å². The molecule has 1 aromatic heterocycles. The first kappa shape index (κ1) is 9.74. The minimum Gasteiger partial charge on any atom is -0.428 e. The maximum Gasteiger partial charge on any atom is 0.221 e. The normalized spacial score (nSPS) is 10.4. The average Bonchev–Trinajstić information content (AvgIpc) is 2.61. The second-order valence-corrected chi connectivity index (χ2v) is 3.63. The van der Waals surface area contributed by atoms with Crippen molar-refractivity contribution in [3.63, 3.8) is 0 Å². The smallest absolute Gasteiger partial charge is 0.221 e. The molecule has 0 aliphatic rings. The Morgan fingerprint density at radius 1 is 1.29 bits per heavy atom. The molecule has 4 heteroatoms. The van der Waals surface area contributed by atoms with Crippen molar-refractivity contribution in [1.82, 2.24) is 4.98 Å². The summed E-state index contributed by atoms with van der Waals surface area (Å²) in [5.74, 6) is 0.592. The lowest BCUT2D eigenvalue weighted by Crippen LogP contribution is -1.79. The van der Waals surface area contributed by atoms with Gasteiger partial charge in [0, 0.05) is 5.56 Å². The summed E-state index contributed by atoms with van der Waals surface area (Å²) in [5.41, 5.74) is 1.66. The van der Waals surface area contributed by atoms with Gasteiger partial charge in [0.1, 0.15) is 5.69 Å². The van der Waals surface area contributed by atoms with E-state index in [1.54, 1.807) is 0 Å². The fraction of sp³-hybridized carbons (Fsp3) is 0.100. The standard InChI is InChI=1S/C10H7BrClNO/c11-6-8-13-9(10(12)14-8)7-4-2-1-3-5-7/h1-5H,6H2. The molecule has 0 N–H and O–H groups in total. The third-order valence-electron chi connectivity index (χ3n) is 1.79. The highest BCUT2D eigenvalue weighted by molar-refractivity contribution is 9.08. The molecule has 0 amide bonds. The lowest BCUT2D eigenvalue weighted by atomic mass is 10.2. The Balaban J connectivity index is 2.46. The Labute approximate surface area is 95.0 Å². The zero-order valence-corrected chi connectivity index (χ0v) is 9.55. The van der Waals surface area contributed by atoms with Crippen LogP contribution < -0.4 is 0 Å². The highest BCUT2D eigenvalue weighted by Gasteiger charge is 2.11. The Morgan fingerprint density at radius 2 is 2.00 bits per heavy atom. The third kappa shape index (κ3) is 1.83. The van der Waals surface area contributed by atoms with Gasteiger partial charge in [-0.1, -0.05) is 46.3 Å². The number of aromatic nitrogens is 1. The summed E-state index contributed by atoms with van der Waals surface area (Å²) < 4.78 is 5.23. The van der Waals surface area contributed by atoms with Crippen LogP contribution in [0.2, 0.25) is 5.22 Å². The molecule has 72 valence electrons. The van der Waals surface area contributed by atoms with E-state index in [1.807, 2.05) is 30.3 Å². The zero-order valence-electron chi connectivity index (χ0n) is 7.21. The SMILES string of the molecule is Clc1oc(CBr)nc1-c1ccccc1. The van der Waals surface area contributed by atoms with E-state index < -0.39 is 0 Å². The Bertz CT molecular complexity index is 427. The number of rotatable bonds is 2. The molecule has 0 aliphatic carbocycles. The molecule has 0 spiro atoms. The van der Waals surface area contributed by atoms with Crippen LogP contribution in [0.25, 0.3) is 11.3 Å². The summed E-state index contributed by atoms with van der Waals surface area (Å²) in [6, 6.07) is 9.72. The first-order valence-electron chi connectivity index (χ1n) is 4.08. The molecule has 1 heterocycles. The average molecular weight is 273 g/mol. The van der Waals surface area contributed by atoms with Gasteiger partial charge >= 0.3 is 0 Å². The summed E-state index contributed by atoms with van der Waals surface area (Å²) in [7, 11) is 0. The molecule has 0 radical (unpaired) electrons. The number of oxazole rings is 1. The quantitative estimate of drug-likeness (QED) is 0.775. The van der Waals surface area contributed by atoms with E-state index in [4.69, 9.17) is 16.0 Å². The van der Waals surface area contributed by atoms with Crippen LogP contribution in [0.15, 0.2) is 34.7 Å². The number of halogens is 2. The van der Waals surface area contributed by atoms with Crippen molar-refractivity contribution < 1.29 is 4.42 Å². The molecule has 0 aliphatic heterocycles. The molecule has 2 nitrogen and oxygen atoms in total. The fourth-order valence-corrected chi connectivity index (χ4v) is 1.65. The van der Waals surface area contributed by atoms with Gasteiger partial charge in [0.15, 0.2) is 0 Å². The predicted molar refractivity (Wildman–Crippen MR) is 59.6 cm³/mol. The van der Waals surface area contributed by atoms with E-state index in [0.717, 1.165) is 5.56 Å². The second kappa shape index (κ2) is 4.15. The van der Waals surface area contributed by atoms with E-state index >= 15 is 0 Å². The number of benzene rings is 1. The maximum atomic E-state index is 5.91. The van der Waals surface area contributed by atoms with Gasteiger partial charge < -0.3 is 4.42 Å². The number of alkyl halides is 1. The van der Waals surface area contributed by atoms with Gasteiger partial charge in [0.05, 0.1) is 5.33 Å². The van der Waals surface area contributed by atoms with Crippen LogP contribution >= 0.6 is 27.5 Å². The molecule has 14 heavy (non-hydrogen) atoms. The molecule has 2 aromatic rings. The van der Waals surface area contributed by atoms with Gasteiger partial charge in [-0.3, -0.25) is 0 Å². The molecule has 0 fully saturated rings. The molecular weight excluding hydrogens is 265 g/mol. The monoisotopic (exact) mass is 271 g/mol. The molecule has 0 saturated heterocycles. The second-order valence-electron chi connectivity index (χ2n) is 2.73. The van der Waals surface area contributed by atoms with Crippen LogP contribution in [0.1, 0.15) is 5.89 Å². The molecule has 2 rings (SSSR count). The minimum atomic E-state index is 0.339. The van der Waals surface area contributed by atoms with E-state index in [9.17, 15) is 0 Å². The summed E-state index contributed by atoms with van der Waals surface area (Å²) in [6.07, 6.45) is 0. The Morgan fingerprint density at radius 3 is 2.57 bits per heavy atom. The van der Waals surface area contributed by atoms with Crippen molar-refractivity contribution in [2.45, 2.75) is 5.33 Å². The van der Waals surface area contributed by atoms with Gasteiger partial charge in [0.2, 0.25) is 11.1 Å². The number of hydrogen-bond acceptors (Lipinski definition) is 2. The number of nitrogens with zero attached hydrogens (tertiary/aromatic N) is 1. The first-order chi connectivity index (χ1) is 6.81. The van der Waals surface area contributed by atoms with Crippen molar-refractivity contribution in [3.8, 4) is 11.3 Å². The number of hydrogen-bond donors (Lipinski definition) is 0. The summed E-state index contributed by atoms with van der Waals surface area (Å²) in [4.78, 5) is 4.25. The molecule has 0 saturated carbocycles. The van der Waals surface area contributed by atoms with Crippen LogP contribution in [0, 0.1) is 0 Å². The van der Waals surface area contributed by atoms with Crippen molar-refractivity contribution in [1.29, 1.82) is 0 Å². The van der Waals surface area contributed by atoms with Gasteiger partial charge in [-0.15, -0.1) is 0 Å². The van der Waals surface area contributed by atoms with Crippen molar-refractivity contribution in [2.24, 2.45) is 0 Å². The van der Waals surface area contributed by atoms with Crippen molar-refractivity contribution >= 4 is 27.5 Å². The van der Waals surface area contributed by atoms with Crippen LogP contribution in [-0.4, -0.2) is 4.98 Å². The highest BCUT2D eigenvalue weighted by Crippen LogP contribution is 2.28. The fourth-order valence-electron chi connectivity index (χ4n) is 1.17. The van der Waals surface area contributed by atoms with Crippen LogP contribution in [0.5, 0.6) is 0 Å². The van der Waals surface area contributed by atoms with Crippen LogP contribution in [0.3, 0.4) is 0 Å². The Hall–Kier alpha value is -0.800. The molecule has 1 aromatic carbocycles. The summed E-state index contributed by atoms with van der Waals surface area (Å²) >= 11 is 9.17. The predicted octanol–water partition coefficient (Wildman–Crippen LogP) is 3.89. The van der Waals surface area contributed by atoms with Crippen LogP contribution in [0.4, 0.5) is 0 Å². The highest BCUT2D eigenvalue weighted by atomic mass is 79.9.